The summed E-state index contributed by atoms with van der Waals surface area (Å²) in [6, 6.07) is -0.460. The van der Waals surface area contributed by atoms with Crippen molar-refractivity contribution in [2.24, 2.45) is 0 Å². The molecule has 70 valence electrons. The lowest BCUT2D eigenvalue weighted by Gasteiger charge is -2.33. The van der Waals surface area contributed by atoms with Crippen molar-refractivity contribution in [3.05, 3.63) is 5.21 Å². The van der Waals surface area contributed by atoms with E-state index in [-0.39, 0.29) is 11.0 Å². The van der Waals surface area contributed by atoms with E-state index in [2.05, 4.69) is 0 Å². The second kappa shape index (κ2) is 4.42. The van der Waals surface area contributed by atoms with E-state index in [1.54, 1.807) is 6.92 Å². The van der Waals surface area contributed by atoms with Gasteiger partial charge in [-0.25, -0.2) is 4.79 Å². The van der Waals surface area contributed by atoms with E-state index in [4.69, 9.17) is 4.74 Å². The van der Waals surface area contributed by atoms with Crippen LogP contribution in [0.25, 0.3) is 0 Å². The Kier molecular flexibility index (Phi) is 3.49. The number of ether oxygens (including phenoxy) is 1. The van der Waals surface area contributed by atoms with Crippen LogP contribution in [0.15, 0.2) is 0 Å². The van der Waals surface area contributed by atoms with Crippen LogP contribution in [0.4, 0.5) is 0 Å². The Morgan fingerprint density at radius 2 is 2.42 bits per heavy atom. The van der Waals surface area contributed by atoms with Gasteiger partial charge in [0.05, 0.1) is 13.2 Å². The van der Waals surface area contributed by atoms with E-state index in [0.29, 0.717) is 19.6 Å². The Morgan fingerprint density at radius 3 is 3.00 bits per heavy atom. The van der Waals surface area contributed by atoms with Gasteiger partial charge in [0, 0.05) is 6.42 Å². The van der Waals surface area contributed by atoms with E-state index in [0.717, 1.165) is 12.8 Å². The summed E-state index contributed by atoms with van der Waals surface area (Å²) >= 11 is 0. The van der Waals surface area contributed by atoms with Gasteiger partial charge >= 0.3 is 5.97 Å². The summed E-state index contributed by atoms with van der Waals surface area (Å²) in [4.78, 5) is 11.2. The van der Waals surface area contributed by atoms with Gasteiger partial charge in [-0.15, -0.1) is 0 Å². The molecule has 1 fully saturated rings. The average molecular weight is 173 g/mol. The van der Waals surface area contributed by atoms with Crippen LogP contribution in [-0.2, 0) is 9.53 Å². The van der Waals surface area contributed by atoms with Crippen LogP contribution in [0, 0.1) is 5.21 Å². The van der Waals surface area contributed by atoms with Gasteiger partial charge < -0.3 is 15.0 Å². The Labute approximate surface area is 72.1 Å². The third-order valence-electron chi connectivity index (χ3n) is 2.13. The molecule has 4 nitrogen and oxygen atoms in total. The molecule has 2 unspecified atom stereocenters. The molecule has 0 bridgehead atoms. The predicted octanol–water partition coefficient (Wildman–Crippen LogP) is -0.515. The maximum Gasteiger partial charge on any atom is 0.365 e. The summed E-state index contributed by atoms with van der Waals surface area (Å²) in [6.45, 7) is 2.66. The number of carbonyl (C=O) groups excluding carboxylic acids is 1. The zero-order valence-corrected chi connectivity index (χ0v) is 7.34. The van der Waals surface area contributed by atoms with Gasteiger partial charge in [0.15, 0.2) is 6.04 Å². The molecule has 0 saturated carbocycles. The van der Waals surface area contributed by atoms with Gasteiger partial charge in [0.2, 0.25) is 0 Å². The van der Waals surface area contributed by atoms with Crippen LogP contribution < -0.4 is 5.06 Å². The fraction of sp³-hybridized carbons (Fsp3) is 0.875. The van der Waals surface area contributed by atoms with Gasteiger partial charge in [0.25, 0.3) is 0 Å². The fourth-order valence-electron chi connectivity index (χ4n) is 1.48. The highest BCUT2D eigenvalue weighted by Crippen LogP contribution is 2.04. The average Bonchev–Trinajstić information content (AvgIpc) is 2.05. The summed E-state index contributed by atoms with van der Waals surface area (Å²) in [5, 5.41) is 11.3. The molecule has 0 radical (unpaired) electrons. The normalized spacial score (nSPS) is 29.8. The molecule has 0 amide bonds. The molecule has 0 aliphatic carbocycles. The molecule has 0 aromatic rings. The molecule has 0 aromatic carbocycles. The van der Waals surface area contributed by atoms with Crippen molar-refractivity contribution < 1.29 is 14.6 Å². The minimum Gasteiger partial charge on any atom is -0.634 e. The number of carbonyl (C=O) groups is 1. The first-order chi connectivity index (χ1) is 5.75. The molecule has 12 heavy (non-hydrogen) atoms. The first-order valence-corrected chi connectivity index (χ1v) is 4.45. The number of hydrogen-bond donors (Lipinski definition) is 1. The van der Waals surface area contributed by atoms with E-state index < -0.39 is 6.04 Å². The molecular formula is C8H15NO3. The van der Waals surface area contributed by atoms with Crippen LogP contribution in [0.2, 0.25) is 0 Å². The molecule has 1 rings (SSSR count). The number of hydrogen-bond acceptors (Lipinski definition) is 3. The predicted molar refractivity (Wildman–Crippen MR) is 43.5 cm³/mol. The topological polar surface area (TPSA) is 53.8 Å². The number of esters is 1. The Hall–Kier alpha value is -0.610. The monoisotopic (exact) mass is 173 g/mol. The molecule has 1 saturated heterocycles. The quantitative estimate of drug-likeness (QED) is 0.452. The minimum absolute atomic E-state index is 0.0553. The second-order valence-electron chi connectivity index (χ2n) is 3.02. The maximum absolute atomic E-state index is 11.2. The minimum atomic E-state index is -0.460. The number of quaternary nitrogens is 1. The highest BCUT2D eigenvalue weighted by Gasteiger charge is 2.28. The highest BCUT2D eigenvalue weighted by molar-refractivity contribution is 5.74. The first-order valence-electron chi connectivity index (χ1n) is 4.45. The number of nitrogens with one attached hydrogen (secondary N) is 1. The van der Waals surface area contributed by atoms with Crippen LogP contribution in [0.5, 0.6) is 0 Å². The standard InChI is InChI=1S/C8H15NO3/c1-2-12-8(10)7-5-3-4-6-9(7)11/h7,9H,2-6H2,1H3. The highest BCUT2D eigenvalue weighted by atomic mass is 16.5. The lowest BCUT2D eigenvalue weighted by molar-refractivity contribution is -0.871. The summed E-state index contributed by atoms with van der Waals surface area (Å²) in [5.74, 6) is -0.331. The number of piperidine rings is 1. The van der Waals surface area contributed by atoms with Crippen molar-refractivity contribution in [3.63, 3.8) is 0 Å². The molecular weight excluding hydrogens is 158 g/mol. The number of rotatable bonds is 2. The summed E-state index contributed by atoms with van der Waals surface area (Å²) in [5.41, 5.74) is 0. The Morgan fingerprint density at radius 1 is 1.67 bits per heavy atom. The maximum atomic E-state index is 11.2. The summed E-state index contributed by atoms with van der Waals surface area (Å²) < 4.78 is 4.79. The molecule has 0 aromatic heterocycles. The first kappa shape index (κ1) is 9.48. The summed E-state index contributed by atoms with van der Waals surface area (Å²) in [6.07, 6.45) is 2.57. The van der Waals surface area contributed by atoms with Crippen molar-refractivity contribution in [1.82, 2.24) is 0 Å². The van der Waals surface area contributed by atoms with Crippen molar-refractivity contribution in [2.45, 2.75) is 32.2 Å². The Balaban J connectivity index is 2.42. The molecule has 2 atom stereocenters. The van der Waals surface area contributed by atoms with E-state index in [9.17, 15) is 10.0 Å². The summed E-state index contributed by atoms with van der Waals surface area (Å²) in [7, 11) is 0. The van der Waals surface area contributed by atoms with Crippen LogP contribution >= 0.6 is 0 Å². The van der Waals surface area contributed by atoms with Crippen LogP contribution in [0.1, 0.15) is 26.2 Å². The lowest BCUT2D eigenvalue weighted by atomic mass is 10.1. The molecule has 1 N–H and O–H groups in total. The van der Waals surface area contributed by atoms with Gasteiger partial charge in [0.1, 0.15) is 0 Å². The molecule has 1 aliphatic heterocycles. The van der Waals surface area contributed by atoms with Gasteiger partial charge in [-0.05, 0) is 19.8 Å². The van der Waals surface area contributed by atoms with E-state index >= 15 is 0 Å². The molecule has 1 aliphatic rings. The van der Waals surface area contributed by atoms with Crippen LogP contribution in [0.3, 0.4) is 0 Å². The third kappa shape index (κ3) is 2.19. The van der Waals surface area contributed by atoms with Crippen molar-refractivity contribution >= 4 is 5.97 Å². The van der Waals surface area contributed by atoms with E-state index in [1.165, 1.54) is 0 Å². The molecule has 1 heterocycles. The Bertz CT molecular complexity index is 160. The van der Waals surface area contributed by atoms with Gasteiger partial charge in [-0.3, -0.25) is 0 Å². The van der Waals surface area contributed by atoms with Crippen molar-refractivity contribution in [3.8, 4) is 0 Å². The number of hydroxylamine groups is 2. The molecule has 4 heteroatoms. The SMILES string of the molecule is CCOC(=O)C1CCCC[NH+]1[O-]. The zero-order chi connectivity index (χ0) is 8.97. The van der Waals surface area contributed by atoms with Gasteiger partial charge in [-0.1, -0.05) is 0 Å². The van der Waals surface area contributed by atoms with Crippen molar-refractivity contribution in [2.75, 3.05) is 13.2 Å². The third-order valence-corrected chi connectivity index (χ3v) is 2.13. The second-order valence-corrected chi connectivity index (χ2v) is 3.02. The van der Waals surface area contributed by atoms with Crippen molar-refractivity contribution in [1.29, 1.82) is 0 Å². The lowest BCUT2D eigenvalue weighted by Crippen LogP contribution is -3.13. The largest absolute Gasteiger partial charge is 0.634 e. The zero-order valence-electron chi connectivity index (χ0n) is 7.34. The fourth-order valence-corrected chi connectivity index (χ4v) is 1.48. The van der Waals surface area contributed by atoms with Crippen LogP contribution in [-0.4, -0.2) is 25.2 Å². The van der Waals surface area contributed by atoms with E-state index in [1.807, 2.05) is 0 Å². The van der Waals surface area contributed by atoms with Gasteiger partial charge in [-0.2, -0.15) is 0 Å². The molecule has 0 spiro atoms. The smallest absolute Gasteiger partial charge is 0.365 e.